The second kappa shape index (κ2) is 7.06. The van der Waals surface area contributed by atoms with Gasteiger partial charge in [-0.05, 0) is 43.5 Å². The zero-order chi connectivity index (χ0) is 18.0. The van der Waals surface area contributed by atoms with Crippen molar-refractivity contribution in [3.05, 3.63) is 57.0 Å². The molecule has 0 bridgehead atoms. The lowest BCUT2D eigenvalue weighted by molar-refractivity contribution is -0.119. The van der Waals surface area contributed by atoms with Crippen LogP contribution < -0.4 is 15.7 Å². The molecule has 0 saturated heterocycles. The quantitative estimate of drug-likeness (QED) is 0.762. The molecule has 0 aliphatic carbocycles. The smallest absolute Gasteiger partial charge is 0.280 e. The van der Waals surface area contributed by atoms with Crippen LogP contribution in [-0.4, -0.2) is 22.2 Å². The van der Waals surface area contributed by atoms with Gasteiger partial charge >= 0.3 is 0 Å². The molecule has 1 N–H and O–H groups in total. The number of ether oxygens (including phenoxy) is 1. The minimum atomic E-state index is -0.421. The van der Waals surface area contributed by atoms with Gasteiger partial charge in [-0.25, -0.2) is 9.66 Å². The number of nitrogens with zero attached hydrogens (tertiary/aromatic N) is 2. The summed E-state index contributed by atoms with van der Waals surface area (Å²) in [6.07, 6.45) is 2.17. The molecule has 7 heteroatoms. The lowest BCUT2D eigenvalue weighted by Crippen LogP contribution is -2.35. The highest BCUT2D eigenvalue weighted by Gasteiger charge is 2.11. The second-order valence-corrected chi connectivity index (χ2v) is 6.84. The van der Waals surface area contributed by atoms with Crippen LogP contribution in [0.25, 0.3) is 10.2 Å². The number of aromatic nitrogens is 2. The molecule has 25 heavy (non-hydrogen) atoms. The predicted molar refractivity (Wildman–Crippen MR) is 99.0 cm³/mol. The maximum atomic E-state index is 12.4. The van der Waals surface area contributed by atoms with Gasteiger partial charge in [0.1, 0.15) is 16.9 Å². The zero-order valence-electron chi connectivity index (χ0n) is 14.3. The van der Waals surface area contributed by atoms with Crippen molar-refractivity contribution < 1.29 is 9.53 Å². The van der Waals surface area contributed by atoms with Gasteiger partial charge < -0.3 is 4.74 Å². The average Bonchev–Trinajstić information content (AvgIpc) is 3.03. The summed E-state index contributed by atoms with van der Waals surface area (Å²) in [5, 5.41) is 0.514. The Morgan fingerprint density at radius 3 is 2.92 bits per heavy atom. The summed E-state index contributed by atoms with van der Waals surface area (Å²) in [7, 11) is 0. The number of thiophene rings is 1. The van der Waals surface area contributed by atoms with Crippen LogP contribution in [0.3, 0.4) is 0 Å². The third-order valence-corrected chi connectivity index (χ3v) is 5.20. The van der Waals surface area contributed by atoms with Crippen LogP contribution >= 0.6 is 11.3 Å². The summed E-state index contributed by atoms with van der Waals surface area (Å²) in [5.74, 6) is 0.233. The van der Waals surface area contributed by atoms with Gasteiger partial charge in [-0.2, -0.15) is 0 Å². The van der Waals surface area contributed by atoms with E-state index in [1.165, 1.54) is 17.7 Å². The Hall–Kier alpha value is -2.67. The molecule has 0 aliphatic rings. The first-order valence-corrected chi connectivity index (χ1v) is 8.80. The highest BCUT2D eigenvalue weighted by Crippen LogP contribution is 2.21. The molecular formula is C18H19N3O3S. The fourth-order valence-corrected chi connectivity index (χ4v) is 3.34. The second-order valence-electron chi connectivity index (χ2n) is 5.73. The molecule has 1 amide bonds. The minimum Gasteiger partial charge on any atom is -0.483 e. The first-order chi connectivity index (χ1) is 12.0. The van der Waals surface area contributed by atoms with E-state index in [0.717, 1.165) is 27.1 Å². The van der Waals surface area contributed by atoms with E-state index in [-0.39, 0.29) is 12.2 Å². The Bertz CT molecular complexity index is 991. The van der Waals surface area contributed by atoms with Crippen LogP contribution in [0.15, 0.2) is 35.4 Å². The molecule has 0 atom stereocenters. The van der Waals surface area contributed by atoms with Gasteiger partial charge in [0, 0.05) is 4.88 Å². The molecule has 3 aromatic rings. The van der Waals surface area contributed by atoms with Crippen molar-refractivity contribution in [1.29, 1.82) is 0 Å². The number of hydrogen-bond donors (Lipinski definition) is 1. The number of hydrogen-bond acceptors (Lipinski definition) is 5. The number of amides is 1. The lowest BCUT2D eigenvalue weighted by atomic mass is 10.1. The first kappa shape index (κ1) is 17.2. The van der Waals surface area contributed by atoms with Crippen molar-refractivity contribution in [1.82, 2.24) is 9.66 Å². The first-order valence-electron chi connectivity index (χ1n) is 7.98. The number of rotatable bonds is 5. The van der Waals surface area contributed by atoms with Gasteiger partial charge in [0.15, 0.2) is 6.61 Å². The number of fused-ring (bicyclic) bond motifs is 1. The number of aryl methyl sites for hydroxylation is 2. The number of nitrogens with one attached hydrogen (secondary N) is 1. The molecule has 6 nitrogen and oxygen atoms in total. The van der Waals surface area contributed by atoms with Crippen LogP contribution in [0.1, 0.15) is 22.9 Å². The van der Waals surface area contributed by atoms with Crippen LogP contribution in [-0.2, 0) is 11.2 Å². The molecule has 0 saturated carbocycles. The van der Waals surface area contributed by atoms with Crippen molar-refractivity contribution in [3.63, 3.8) is 0 Å². The van der Waals surface area contributed by atoms with Crippen molar-refractivity contribution in [2.24, 2.45) is 0 Å². The molecule has 130 valence electrons. The fraction of sp³-hybridized carbons (Fsp3) is 0.278. The number of carbonyl (C=O) groups excluding carboxylic acids is 1. The minimum absolute atomic E-state index is 0.182. The highest BCUT2D eigenvalue weighted by atomic mass is 32.1. The molecule has 0 unspecified atom stereocenters. The maximum absolute atomic E-state index is 12.4. The molecule has 0 fully saturated rings. The van der Waals surface area contributed by atoms with Crippen molar-refractivity contribution in [3.8, 4) is 5.75 Å². The highest BCUT2D eigenvalue weighted by molar-refractivity contribution is 7.18. The van der Waals surface area contributed by atoms with E-state index in [9.17, 15) is 9.59 Å². The average molecular weight is 357 g/mol. The van der Waals surface area contributed by atoms with E-state index in [4.69, 9.17) is 4.74 Å². The zero-order valence-corrected chi connectivity index (χ0v) is 15.1. The molecule has 1 aromatic carbocycles. The maximum Gasteiger partial charge on any atom is 0.280 e. The Labute approximate surface area is 149 Å². The van der Waals surface area contributed by atoms with Gasteiger partial charge in [0.2, 0.25) is 0 Å². The lowest BCUT2D eigenvalue weighted by Gasteiger charge is -2.11. The molecule has 3 rings (SSSR count). The Balaban J connectivity index is 1.72. The normalized spacial score (nSPS) is 10.8. The Morgan fingerprint density at radius 1 is 1.36 bits per heavy atom. The van der Waals surface area contributed by atoms with E-state index in [1.807, 2.05) is 45.0 Å². The summed E-state index contributed by atoms with van der Waals surface area (Å²) < 4.78 is 6.66. The Kier molecular flexibility index (Phi) is 4.85. The standard InChI is InChI=1S/C18H19N3O3S/c1-4-13-8-14-17(25-13)19-10-21(18(14)23)20-16(22)9-24-15-7-5-6-11(2)12(15)3/h5-8,10H,4,9H2,1-3H3,(H,20,22). The summed E-state index contributed by atoms with van der Waals surface area (Å²) >= 11 is 1.49. The van der Waals surface area contributed by atoms with E-state index < -0.39 is 5.91 Å². The summed E-state index contributed by atoms with van der Waals surface area (Å²) in [6, 6.07) is 7.49. The summed E-state index contributed by atoms with van der Waals surface area (Å²) in [4.78, 5) is 30.5. The van der Waals surface area contributed by atoms with Gasteiger partial charge in [-0.3, -0.25) is 15.0 Å². The van der Waals surface area contributed by atoms with Gasteiger partial charge in [0.05, 0.1) is 5.39 Å². The third kappa shape index (κ3) is 3.56. The molecule has 0 aliphatic heterocycles. The van der Waals surface area contributed by atoms with E-state index >= 15 is 0 Å². The van der Waals surface area contributed by atoms with Crippen molar-refractivity contribution >= 4 is 27.5 Å². The van der Waals surface area contributed by atoms with Gasteiger partial charge in [0.25, 0.3) is 11.5 Å². The van der Waals surface area contributed by atoms with Crippen molar-refractivity contribution in [2.75, 3.05) is 12.0 Å². The van der Waals surface area contributed by atoms with E-state index in [1.54, 1.807) is 0 Å². The number of benzene rings is 1. The summed E-state index contributed by atoms with van der Waals surface area (Å²) in [5.41, 5.74) is 4.30. The SMILES string of the molecule is CCc1cc2c(=O)n(NC(=O)COc3cccc(C)c3C)cnc2s1. The van der Waals surface area contributed by atoms with Crippen LogP contribution in [0, 0.1) is 13.8 Å². The molecule has 0 radical (unpaired) electrons. The molecular weight excluding hydrogens is 338 g/mol. The topological polar surface area (TPSA) is 73.2 Å². The Morgan fingerprint density at radius 2 is 2.16 bits per heavy atom. The number of carbonyl (C=O) groups is 1. The fourth-order valence-electron chi connectivity index (χ4n) is 2.42. The molecule has 2 aromatic heterocycles. The molecule has 0 spiro atoms. The van der Waals surface area contributed by atoms with Crippen LogP contribution in [0.2, 0.25) is 0 Å². The monoisotopic (exact) mass is 357 g/mol. The van der Waals surface area contributed by atoms with Gasteiger partial charge in [-0.15, -0.1) is 11.3 Å². The van der Waals surface area contributed by atoms with Crippen LogP contribution in [0.4, 0.5) is 0 Å². The predicted octanol–water partition coefficient (Wildman–Crippen LogP) is 2.79. The third-order valence-electron chi connectivity index (χ3n) is 4.01. The van der Waals surface area contributed by atoms with Crippen molar-refractivity contribution in [2.45, 2.75) is 27.2 Å². The van der Waals surface area contributed by atoms with Gasteiger partial charge in [-0.1, -0.05) is 19.1 Å². The molecule has 2 heterocycles. The van der Waals surface area contributed by atoms with E-state index in [0.29, 0.717) is 16.0 Å². The van der Waals surface area contributed by atoms with Crippen LogP contribution in [0.5, 0.6) is 5.75 Å². The summed E-state index contributed by atoms with van der Waals surface area (Å²) in [6.45, 7) is 5.76. The largest absolute Gasteiger partial charge is 0.483 e. The van der Waals surface area contributed by atoms with E-state index in [2.05, 4.69) is 10.4 Å².